The SMILES string of the molecule is CC1=C2C[C@@H]3[C@@]4(C)CC[C@H](O)CC4=CC[C@@]3(C)C2CC[C@]12OC1C[C@H](C)CN[C@H]1C2C. The third kappa shape index (κ3) is 2.63. The number of allylic oxidation sites excluding steroid dienone is 2. The van der Waals surface area contributed by atoms with Gasteiger partial charge in [0.1, 0.15) is 0 Å². The number of aliphatic hydroxyl groups is 1. The first-order chi connectivity index (χ1) is 14.7. The van der Waals surface area contributed by atoms with Gasteiger partial charge in [-0.05, 0) is 99.0 Å². The van der Waals surface area contributed by atoms with Gasteiger partial charge in [-0.25, -0.2) is 0 Å². The second-order valence-electron chi connectivity index (χ2n) is 12.9. The van der Waals surface area contributed by atoms with Crippen LogP contribution in [-0.4, -0.2) is 35.5 Å². The number of piperidine rings is 1. The summed E-state index contributed by atoms with van der Waals surface area (Å²) >= 11 is 0. The summed E-state index contributed by atoms with van der Waals surface area (Å²) in [5.41, 5.74) is 5.55. The number of aliphatic hydroxyl groups excluding tert-OH is 1. The molecule has 2 saturated heterocycles. The van der Waals surface area contributed by atoms with E-state index in [2.05, 4.69) is 46.0 Å². The monoisotopic (exact) mass is 425 g/mol. The molecular formula is C28H43NO2. The molecule has 0 amide bonds. The number of fused-ring (bicyclic) bond motifs is 6. The number of ether oxygens (including phenoxy) is 1. The maximum absolute atomic E-state index is 10.3. The van der Waals surface area contributed by atoms with Crippen LogP contribution in [0.5, 0.6) is 0 Å². The van der Waals surface area contributed by atoms with E-state index in [0.29, 0.717) is 29.4 Å². The van der Waals surface area contributed by atoms with Crippen LogP contribution in [0.25, 0.3) is 0 Å². The number of hydrogen-bond donors (Lipinski definition) is 2. The van der Waals surface area contributed by atoms with Gasteiger partial charge in [0.2, 0.25) is 0 Å². The average molecular weight is 426 g/mol. The van der Waals surface area contributed by atoms with Crippen LogP contribution in [0, 0.1) is 34.5 Å². The van der Waals surface area contributed by atoms with Crippen LogP contribution in [0.2, 0.25) is 0 Å². The van der Waals surface area contributed by atoms with E-state index >= 15 is 0 Å². The molecule has 4 aliphatic carbocycles. The minimum atomic E-state index is -0.123. The Bertz CT molecular complexity index is 846. The first-order valence-electron chi connectivity index (χ1n) is 13.2. The van der Waals surface area contributed by atoms with Crippen molar-refractivity contribution in [3.63, 3.8) is 0 Å². The molecule has 0 aromatic rings. The lowest BCUT2D eigenvalue weighted by Gasteiger charge is -2.54. The van der Waals surface area contributed by atoms with Gasteiger partial charge < -0.3 is 15.2 Å². The second-order valence-corrected chi connectivity index (χ2v) is 12.9. The molecule has 0 aromatic heterocycles. The second kappa shape index (κ2) is 6.70. The van der Waals surface area contributed by atoms with E-state index in [1.54, 1.807) is 16.7 Å². The summed E-state index contributed by atoms with van der Waals surface area (Å²) < 4.78 is 7.06. The zero-order valence-corrected chi connectivity index (χ0v) is 20.3. The van der Waals surface area contributed by atoms with E-state index in [1.165, 1.54) is 32.1 Å². The fourth-order valence-electron chi connectivity index (χ4n) is 9.58. The topological polar surface area (TPSA) is 41.5 Å². The Balaban J connectivity index is 1.37. The highest BCUT2D eigenvalue weighted by atomic mass is 16.5. The van der Waals surface area contributed by atoms with Gasteiger partial charge >= 0.3 is 0 Å². The quantitative estimate of drug-likeness (QED) is 0.511. The third-order valence-corrected chi connectivity index (χ3v) is 11.5. The van der Waals surface area contributed by atoms with E-state index in [9.17, 15) is 5.11 Å². The molecule has 6 aliphatic rings. The van der Waals surface area contributed by atoms with Gasteiger partial charge in [-0.15, -0.1) is 0 Å². The van der Waals surface area contributed by atoms with Crippen molar-refractivity contribution in [2.24, 2.45) is 34.5 Å². The molecule has 3 nitrogen and oxygen atoms in total. The molecule has 4 fully saturated rings. The highest BCUT2D eigenvalue weighted by Crippen LogP contribution is 2.69. The molecule has 0 aromatic carbocycles. The zero-order valence-electron chi connectivity index (χ0n) is 20.3. The lowest BCUT2D eigenvalue weighted by molar-refractivity contribution is -0.0590. The fraction of sp³-hybridized carbons (Fsp3) is 0.857. The largest absolute Gasteiger partial charge is 0.393 e. The molecule has 1 spiro atoms. The number of hydrogen-bond acceptors (Lipinski definition) is 3. The first kappa shape index (κ1) is 20.9. The van der Waals surface area contributed by atoms with E-state index < -0.39 is 0 Å². The Hall–Kier alpha value is -0.640. The third-order valence-electron chi connectivity index (χ3n) is 11.5. The molecule has 3 unspecified atom stereocenters. The lowest BCUT2D eigenvalue weighted by Crippen LogP contribution is -2.49. The normalized spacial score (nSPS) is 56.1. The molecule has 2 N–H and O–H groups in total. The van der Waals surface area contributed by atoms with Crippen LogP contribution in [0.1, 0.15) is 86.0 Å². The molecule has 0 bridgehead atoms. The van der Waals surface area contributed by atoms with Gasteiger partial charge in [-0.3, -0.25) is 0 Å². The van der Waals surface area contributed by atoms with Crippen molar-refractivity contribution in [1.29, 1.82) is 0 Å². The summed E-state index contributed by atoms with van der Waals surface area (Å²) in [5, 5.41) is 14.2. The molecule has 172 valence electrons. The van der Waals surface area contributed by atoms with Crippen LogP contribution in [-0.2, 0) is 4.74 Å². The van der Waals surface area contributed by atoms with Gasteiger partial charge in [-0.1, -0.05) is 44.9 Å². The van der Waals surface area contributed by atoms with Gasteiger partial charge in [0, 0.05) is 12.0 Å². The van der Waals surface area contributed by atoms with Crippen LogP contribution in [0.15, 0.2) is 22.8 Å². The first-order valence-corrected chi connectivity index (χ1v) is 13.2. The maximum atomic E-state index is 10.3. The lowest BCUT2D eigenvalue weighted by atomic mass is 9.51. The summed E-state index contributed by atoms with van der Waals surface area (Å²) in [6.45, 7) is 13.5. The maximum Gasteiger partial charge on any atom is 0.0937 e. The van der Waals surface area contributed by atoms with Crippen molar-refractivity contribution in [1.82, 2.24) is 5.32 Å². The Labute approximate surface area is 189 Å². The Morgan fingerprint density at radius 1 is 1.13 bits per heavy atom. The fourth-order valence-corrected chi connectivity index (χ4v) is 9.58. The van der Waals surface area contributed by atoms with E-state index in [4.69, 9.17) is 4.74 Å². The molecule has 2 aliphatic heterocycles. The zero-order chi connectivity index (χ0) is 21.8. The van der Waals surface area contributed by atoms with Crippen molar-refractivity contribution in [3.05, 3.63) is 22.8 Å². The van der Waals surface area contributed by atoms with Crippen molar-refractivity contribution in [2.75, 3.05) is 6.54 Å². The Morgan fingerprint density at radius 2 is 1.94 bits per heavy atom. The van der Waals surface area contributed by atoms with Crippen molar-refractivity contribution >= 4 is 0 Å². The molecule has 10 atom stereocenters. The summed E-state index contributed by atoms with van der Waals surface area (Å²) in [7, 11) is 0. The van der Waals surface area contributed by atoms with Crippen LogP contribution in [0.3, 0.4) is 0 Å². The summed E-state index contributed by atoms with van der Waals surface area (Å²) in [5.74, 6) is 2.71. The Kier molecular flexibility index (Phi) is 4.52. The van der Waals surface area contributed by atoms with Crippen LogP contribution >= 0.6 is 0 Å². The molecule has 0 radical (unpaired) electrons. The minimum Gasteiger partial charge on any atom is -0.393 e. The van der Waals surface area contributed by atoms with Gasteiger partial charge in [0.25, 0.3) is 0 Å². The van der Waals surface area contributed by atoms with Gasteiger partial charge in [-0.2, -0.15) is 0 Å². The van der Waals surface area contributed by atoms with Crippen LogP contribution in [0.4, 0.5) is 0 Å². The molecule has 2 saturated carbocycles. The predicted octanol–water partition coefficient (Wildman–Crippen LogP) is 5.39. The van der Waals surface area contributed by atoms with E-state index in [-0.39, 0.29) is 17.1 Å². The average Bonchev–Trinajstić information content (AvgIpc) is 3.19. The molecule has 2 heterocycles. The predicted molar refractivity (Wildman–Crippen MR) is 125 cm³/mol. The minimum absolute atomic E-state index is 0.0397. The molecule has 3 heteroatoms. The number of rotatable bonds is 0. The van der Waals surface area contributed by atoms with Gasteiger partial charge in [0.15, 0.2) is 0 Å². The van der Waals surface area contributed by atoms with Crippen LogP contribution < -0.4 is 5.32 Å². The summed E-state index contributed by atoms with van der Waals surface area (Å²) in [6, 6.07) is 0.521. The van der Waals surface area contributed by atoms with Gasteiger partial charge in [0.05, 0.1) is 17.8 Å². The van der Waals surface area contributed by atoms with Crippen molar-refractivity contribution in [2.45, 2.75) is 110 Å². The van der Waals surface area contributed by atoms with Crippen molar-refractivity contribution in [3.8, 4) is 0 Å². The molecule has 6 rings (SSSR count). The smallest absolute Gasteiger partial charge is 0.0937 e. The van der Waals surface area contributed by atoms with E-state index in [1.807, 2.05) is 0 Å². The molecular weight excluding hydrogens is 382 g/mol. The summed E-state index contributed by atoms with van der Waals surface area (Å²) in [6.07, 6.45) is 12.0. The highest BCUT2D eigenvalue weighted by molar-refractivity contribution is 5.40. The highest BCUT2D eigenvalue weighted by Gasteiger charge is 2.63. The summed E-state index contributed by atoms with van der Waals surface area (Å²) in [4.78, 5) is 0. The van der Waals surface area contributed by atoms with E-state index in [0.717, 1.165) is 37.6 Å². The Morgan fingerprint density at radius 3 is 2.74 bits per heavy atom. The standard InChI is InChI=1S/C28H43NO2/c1-16-12-23-25(29-15-16)18(3)28(31-23)11-8-22-21(17(28)2)14-24-26(4)10-7-20(30)13-19(26)6-9-27(22,24)5/h6,16,18,20,22-25,29-30H,7-15H2,1-5H3/t16-,18?,20-,22?,23?,24+,25-,26-,27-,28-/m0/s1. The number of nitrogens with one attached hydrogen (secondary N) is 1. The van der Waals surface area contributed by atoms with Crippen molar-refractivity contribution < 1.29 is 9.84 Å². The molecule has 31 heavy (non-hydrogen) atoms.